The van der Waals surface area contributed by atoms with Gasteiger partial charge in [0, 0.05) is 24.1 Å². The zero-order chi connectivity index (χ0) is 18.7. The topological polar surface area (TPSA) is 69.8 Å². The van der Waals surface area contributed by atoms with Crippen LogP contribution in [0.25, 0.3) is 0 Å². The van der Waals surface area contributed by atoms with Crippen LogP contribution in [0.5, 0.6) is 0 Å². The van der Waals surface area contributed by atoms with E-state index in [9.17, 15) is 5.11 Å². The number of benzene rings is 1. The van der Waals surface area contributed by atoms with Gasteiger partial charge in [-0.1, -0.05) is 30.3 Å². The van der Waals surface area contributed by atoms with Gasteiger partial charge >= 0.3 is 0 Å². The van der Waals surface area contributed by atoms with Crippen molar-refractivity contribution in [2.24, 2.45) is 4.99 Å². The number of rotatable bonds is 6. The Labute approximate surface area is 155 Å². The Balaban J connectivity index is 1.65. The van der Waals surface area contributed by atoms with Gasteiger partial charge in [-0.25, -0.2) is 4.99 Å². The Morgan fingerprint density at radius 3 is 2.65 bits per heavy atom. The normalized spacial score (nSPS) is 22.0. The lowest BCUT2D eigenvalue weighted by molar-refractivity contribution is 0.0657. The molecule has 1 heterocycles. The van der Waals surface area contributed by atoms with Crippen LogP contribution in [0.15, 0.2) is 45.8 Å². The third-order valence-corrected chi connectivity index (χ3v) is 4.85. The second-order valence-electron chi connectivity index (χ2n) is 7.30. The number of nitrogens with one attached hydrogen (secondary N) is 2. The van der Waals surface area contributed by atoms with Gasteiger partial charge in [-0.05, 0) is 45.7 Å². The first-order valence-corrected chi connectivity index (χ1v) is 9.30. The first kappa shape index (κ1) is 18.5. The van der Waals surface area contributed by atoms with E-state index in [1.807, 2.05) is 32.9 Å². The van der Waals surface area contributed by atoms with Gasteiger partial charge in [0.25, 0.3) is 0 Å². The largest absolute Gasteiger partial charge is 0.466 e. The maximum atomic E-state index is 10.9. The molecule has 140 valence electrons. The van der Waals surface area contributed by atoms with E-state index in [4.69, 9.17) is 4.42 Å². The van der Waals surface area contributed by atoms with Crippen molar-refractivity contribution in [2.45, 2.75) is 51.7 Å². The maximum Gasteiger partial charge on any atom is 0.191 e. The molecule has 3 rings (SSSR count). The molecule has 0 aliphatic heterocycles. The molecule has 3 N–H and O–H groups in total. The van der Waals surface area contributed by atoms with Crippen molar-refractivity contribution in [1.82, 2.24) is 10.6 Å². The summed E-state index contributed by atoms with van der Waals surface area (Å²) < 4.78 is 5.55. The van der Waals surface area contributed by atoms with Gasteiger partial charge in [0.05, 0.1) is 6.54 Å². The molecular weight excluding hydrogens is 326 g/mol. The molecule has 5 heteroatoms. The molecule has 0 radical (unpaired) electrons. The quantitative estimate of drug-likeness (QED) is 0.550. The lowest BCUT2D eigenvalue weighted by Crippen LogP contribution is -2.40. The van der Waals surface area contributed by atoms with Crippen LogP contribution in [0.3, 0.4) is 0 Å². The Hall–Kier alpha value is -2.27. The van der Waals surface area contributed by atoms with Gasteiger partial charge in [-0.3, -0.25) is 0 Å². The molecule has 1 saturated carbocycles. The predicted molar refractivity (Wildman–Crippen MR) is 104 cm³/mol. The van der Waals surface area contributed by atoms with Crippen LogP contribution >= 0.6 is 0 Å². The van der Waals surface area contributed by atoms with Crippen LogP contribution in [-0.4, -0.2) is 30.2 Å². The van der Waals surface area contributed by atoms with Gasteiger partial charge in [-0.2, -0.15) is 0 Å². The highest BCUT2D eigenvalue weighted by atomic mass is 16.3. The van der Waals surface area contributed by atoms with E-state index in [-0.39, 0.29) is 6.54 Å². The summed E-state index contributed by atoms with van der Waals surface area (Å²) in [4.78, 5) is 4.62. The number of aryl methyl sites for hydroxylation is 2. The lowest BCUT2D eigenvalue weighted by Gasteiger charge is -2.21. The van der Waals surface area contributed by atoms with Crippen molar-refractivity contribution < 1.29 is 9.52 Å². The van der Waals surface area contributed by atoms with E-state index in [0.29, 0.717) is 12.0 Å². The van der Waals surface area contributed by atoms with E-state index in [1.54, 1.807) is 6.92 Å². The summed E-state index contributed by atoms with van der Waals surface area (Å²) in [6, 6.07) is 12.8. The van der Waals surface area contributed by atoms with Crippen molar-refractivity contribution in [3.8, 4) is 0 Å². The van der Waals surface area contributed by atoms with Crippen molar-refractivity contribution in [3.63, 3.8) is 0 Å². The van der Waals surface area contributed by atoms with E-state index >= 15 is 0 Å². The molecule has 26 heavy (non-hydrogen) atoms. The van der Waals surface area contributed by atoms with E-state index in [2.05, 4.69) is 39.9 Å². The van der Waals surface area contributed by atoms with Crippen molar-refractivity contribution in [3.05, 3.63) is 59.0 Å². The molecule has 5 nitrogen and oxygen atoms in total. The second-order valence-corrected chi connectivity index (χ2v) is 7.30. The fourth-order valence-electron chi connectivity index (χ4n) is 3.40. The zero-order valence-electron chi connectivity index (χ0n) is 16.0. The minimum absolute atomic E-state index is 0.269. The summed E-state index contributed by atoms with van der Waals surface area (Å²) in [5.41, 5.74) is 1.09. The van der Waals surface area contributed by atoms with Crippen LogP contribution < -0.4 is 10.6 Å². The van der Waals surface area contributed by atoms with Crippen LogP contribution in [0.4, 0.5) is 0 Å². The van der Waals surface area contributed by atoms with Crippen molar-refractivity contribution in [2.75, 3.05) is 13.1 Å². The SMILES string of the molecule is CCNC(=NCC(C)(O)c1cc(C)oc1C)NC1CC1c1ccccc1. The summed E-state index contributed by atoms with van der Waals surface area (Å²) in [5, 5.41) is 17.6. The van der Waals surface area contributed by atoms with Gasteiger partial charge in [0.15, 0.2) is 5.96 Å². The Kier molecular flexibility index (Phi) is 5.37. The standard InChI is InChI=1S/C21H29N3O2/c1-5-22-20(24-19-12-17(19)16-9-7-6-8-10-16)23-13-21(4,25)18-11-14(2)26-15(18)3/h6-11,17,19,25H,5,12-13H2,1-4H3,(H2,22,23,24). The van der Waals surface area contributed by atoms with Crippen LogP contribution in [0.1, 0.15) is 48.8 Å². The molecule has 1 fully saturated rings. The second kappa shape index (κ2) is 7.54. The Morgan fingerprint density at radius 2 is 2.04 bits per heavy atom. The monoisotopic (exact) mass is 355 g/mol. The molecule has 3 atom stereocenters. The summed E-state index contributed by atoms with van der Waals surface area (Å²) >= 11 is 0. The summed E-state index contributed by atoms with van der Waals surface area (Å²) in [7, 11) is 0. The third kappa shape index (κ3) is 4.28. The van der Waals surface area contributed by atoms with Gasteiger partial charge in [0.1, 0.15) is 17.1 Å². The molecule has 3 unspecified atom stereocenters. The minimum atomic E-state index is -1.06. The van der Waals surface area contributed by atoms with Crippen LogP contribution in [0, 0.1) is 13.8 Å². The Morgan fingerprint density at radius 1 is 1.31 bits per heavy atom. The predicted octanol–water partition coefficient (Wildman–Crippen LogP) is 3.22. The van der Waals surface area contributed by atoms with Crippen LogP contribution in [-0.2, 0) is 5.60 Å². The minimum Gasteiger partial charge on any atom is -0.466 e. The average molecular weight is 355 g/mol. The molecule has 1 aliphatic rings. The van der Waals surface area contributed by atoms with Crippen molar-refractivity contribution >= 4 is 5.96 Å². The van der Waals surface area contributed by atoms with E-state index < -0.39 is 5.60 Å². The number of aliphatic imine (C=N–C) groups is 1. The molecule has 0 saturated heterocycles. The maximum absolute atomic E-state index is 10.9. The first-order chi connectivity index (χ1) is 12.4. The summed E-state index contributed by atoms with van der Waals surface area (Å²) in [6.07, 6.45) is 1.10. The van der Waals surface area contributed by atoms with E-state index in [1.165, 1.54) is 5.56 Å². The van der Waals surface area contributed by atoms with E-state index in [0.717, 1.165) is 36.0 Å². The average Bonchev–Trinajstić information content (AvgIpc) is 3.29. The fraction of sp³-hybridized carbons (Fsp3) is 0.476. The van der Waals surface area contributed by atoms with Crippen molar-refractivity contribution in [1.29, 1.82) is 0 Å². The number of furan rings is 1. The summed E-state index contributed by atoms with van der Waals surface area (Å²) in [5.74, 6) is 2.82. The molecule has 1 aliphatic carbocycles. The highest BCUT2D eigenvalue weighted by Gasteiger charge is 2.39. The molecule has 1 aromatic heterocycles. The summed E-state index contributed by atoms with van der Waals surface area (Å²) in [6.45, 7) is 8.63. The number of nitrogens with zero attached hydrogens (tertiary/aromatic N) is 1. The molecule has 0 spiro atoms. The number of hydrogen-bond donors (Lipinski definition) is 3. The van der Waals surface area contributed by atoms with Gasteiger partial charge in [0.2, 0.25) is 0 Å². The van der Waals surface area contributed by atoms with Crippen LogP contribution in [0.2, 0.25) is 0 Å². The molecule has 2 aromatic rings. The molecule has 1 aromatic carbocycles. The smallest absolute Gasteiger partial charge is 0.191 e. The highest BCUT2D eigenvalue weighted by molar-refractivity contribution is 5.80. The van der Waals surface area contributed by atoms with Gasteiger partial charge in [-0.15, -0.1) is 0 Å². The third-order valence-electron chi connectivity index (χ3n) is 4.85. The van der Waals surface area contributed by atoms with Gasteiger partial charge < -0.3 is 20.2 Å². The highest BCUT2D eigenvalue weighted by Crippen LogP contribution is 2.40. The molecule has 0 bridgehead atoms. The Bertz CT molecular complexity index is 765. The molecular formula is C21H29N3O2. The molecule has 0 amide bonds. The lowest BCUT2D eigenvalue weighted by atomic mass is 9.96. The zero-order valence-corrected chi connectivity index (χ0v) is 16.0. The first-order valence-electron chi connectivity index (χ1n) is 9.30. The number of hydrogen-bond acceptors (Lipinski definition) is 3. The number of guanidine groups is 1. The fourth-order valence-corrected chi connectivity index (χ4v) is 3.40. The number of aliphatic hydroxyl groups is 1.